The minimum Gasteiger partial charge on any atom is -0.0772 e. The molecule has 0 aliphatic heterocycles. The van der Waals surface area contributed by atoms with Crippen LogP contribution in [0.25, 0.3) is 6.08 Å². The van der Waals surface area contributed by atoms with E-state index in [1.54, 1.807) is 10.4 Å². The minimum absolute atomic E-state index is 0.453. The van der Waals surface area contributed by atoms with Crippen molar-refractivity contribution in [3.63, 3.8) is 0 Å². The van der Waals surface area contributed by atoms with Crippen LogP contribution in [0.5, 0.6) is 0 Å². The monoisotopic (exact) mass is 366 g/mol. The molecule has 0 amide bonds. The predicted octanol–water partition coefficient (Wildman–Crippen LogP) is 7.37. The molecule has 25 heavy (non-hydrogen) atoms. The summed E-state index contributed by atoms with van der Waals surface area (Å²) in [6.07, 6.45) is 11.8. The standard InChI is InChI=1S/C23H34Si2/c1-18(2)22(24(3,4)5)14-11-15-23(25(6,7)8)21-17-16-19-12-9-10-13-20(19)21/h9-17,21H,1-8H3. The van der Waals surface area contributed by atoms with Crippen molar-refractivity contribution >= 4 is 22.2 Å². The summed E-state index contributed by atoms with van der Waals surface area (Å²) in [6.45, 7) is 19.2. The Morgan fingerprint density at radius 3 is 2.12 bits per heavy atom. The molecule has 1 aliphatic carbocycles. The molecule has 2 rings (SSSR count). The second kappa shape index (κ2) is 7.47. The van der Waals surface area contributed by atoms with Crippen molar-refractivity contribution in [2.75, 3.05) is 0 Å². The highest BCUT2D eigenvalue weighted by molar-refractivity contribution is 6.84. The molecule has 1 aliphatic rings. The van der Waals surface area contributed by atoms with Crippen molar-refractivity contribution in [1.29, 1.82) is 0 Å². The van der Waals surface area contributed by atoms with E-state index in [1.165, 1.54) is 16.7 Å². The van der Waals surface area contributed by atoms with Crippen molar-refractivity contribution < 1.29 is 0 Å². The smallest absolute Gasteiger partial charge is 0.0772 e. The average Bonchev–Trinajstić information content (AvgIpc) is 2.88. The normalized spacial score (nSPS) is 17.9. The molecule has 0 saturated carbocycles. The third-order valence-electron chi connectivity index (χ3n) is 4.89. The molecule has 0 saturated heterocycles. The highest BCUT2D eigenvalue weighted by Crippen LogP contribution is 2.39. The zero-order valence-electron chi connectivity index (χ0n) is 17.3. The number of hydrogen-bond donors (Lipinski definition) is 0. The van der Waals surface area contributed by atoms with E-state index in [4.69, 9.17) is 0 Å². The van der Waals surface area contributed by atoms with Gasteiger partial charge in [0.25, 0.3) is 0 Å². The highest BCUT2D eigenvalue weighted by atomic mass is 28.3. The van der Waals surface area contributed by atoms with Gasteiger partial charge in [-0.15, -0.1) is 0 Å². The van der Waals surface area contributed by atoms with E-state index >= 15 is 0 Å². The first-order chi connectivity index (χ1) is 11.5. The maximum Gasteiger partial charge on any atom is 0.0775 e. The first-order valence-electron chi connectivity index (χ1n) is 9.35. The van der Waals surface area contributed by atoms with E-state index in [1.807, 2.05) is 0 Å². The summed E-state index contributed by atoms with van der Waals surface area (Å²) in [5.74, 6) is 0.453. The van der Waals surface area contributed by atoms with Gasteiger partial charge in [0, 0.05) is 5.92 Å². The molecule has 0 fully saturated rings. The second-order valence-electron chi connectivity index (χ2n) is 9.36. The van der Waals surface area contributed by atoms with Crippen LogP contribution in [0.2, 0.25) is 39.3 Å². The van der Waals surface area contributed by atoms with E-state index in [2.05, 4.69) is 108 Å². The topological polar surface area (TPSA) is 0 Å². The first kappa shape index (κ1) is 19.9. The predicted molar refractivity (Wildman–Crippen MR) is 121 cm³/mol. The molecule has 1 unspecified atom stereocenters. The van der Waals surface area contributed by atoms with Crippen LogP contribution in [0.3, 0.4) is 0 Å². The average molecular weight is 367 g/mol. The summed E-state index contributed by atoms with van der Waals surface area (Å²) >= 11 is 0. The Labute approximate surface area is 157 Å². The molecule has 2 heteroatoms. The number of fused-ring (bicyclic) bond motifs is 1. The molecule has 0 bridgehead atoms. The van der Waals surface area contributed by atoms with Crippen LogP contribution in [0.1, 0.15) is 30.9 Å². The van der Waals surface area contributed by atoms with E-state index < -0.39 is 16.1 Å². The Morgan fingerprint density at radius 2 is 1.56 bits per heavy atom. The summed E-state index contributed by atoms with van der Waals surface area (Å²) in [6, 6.07) is 8.83. The maximum absolute atomic E-state index is 2.46. The largest absolute Gasteiger partial charge is 0.0775 e. The lowest BCUT2D eigenvalue weighted by Gasteiger charge is -2.26. The Kier molecular flexibility index (Phi) is 5.95. The highest BCUT2D eigenvalue weighted by Gasteiger charge is 2.29. The number of hydrogen-bond acceptors (Lipinski definition) is 0. The van der Waals surface area contributed by atoms with Gasteiger partial charge in [-0.25, -0.2) is 0 Å². The first-order valence-corrected chi connectivity index (χ1v) is 16.4. The summed E-state index contributed by atoms with van der Waals surface area (Å²) in [7, 11) is -2.71. The van der Waals surface area contributed by atoms with Gasteiger partial charge in [-0.3, -0.25) is 0 Å². The molecular formula is C23H34Si2. The number of rotatable bonds is 5. The molecule has 0 nitrogen and oxygen atoms in total. The Morgan fingerprint density at radius 1 is 0.920 bits per heavy atom. The molecule has 1 aromatic rings. The molecule has 1 aromatic carbocycles. The van der Waals surface area contributed by atoms with Crippen LogP contribution in [-0.2, 0) is 0 Å². The molecule has 0 aromatic heterocycles. The maximum atomic E-state index is 2.46. The minimum atomic E-state index is -1.41. The summed E-state index contributed by atoms with van der Waals surface area (Å²) in [5.41, 5.74) is 4.31. The van der Waals surface area contributed by atoms with Crippen molar-refractivity contribution in [3.05, 3.63) is 75.7 Å². The lowest BCUT2D eigenvalue weighted by molar-refractivity contribution is 1.07. The van der Waals surface area contributed by atoms with Crippen LogP contribution in [-0.4, -0.2) is 16.1 Å². The van der Waals surface area contributed by atoms with E-state index in [-0.39, 0.29) is 0 Å². The zero-order valence-corrected chi connectivity index (χ0v) is 19.3. The van der Waals surface area contributed by atoms with E-state index in [9.17, 15) is 0 Å². The third kappa shape index (κ3) is 4.83. The molecule has 0 N–H and O–H groups in total. The van der Waals surface area contributed by atoms with Crippen LogP contribution < -0.4 is 0 Å². The quantitative estimate of drug-likeness (QED) is 0.377. The van der Waals surface area contributed by atoms with Gasteiger partial charge in [-0.05, 0) is 25.0 Å². The fourth-order valence-corrected chi connectivity index (χ4v) is 7.63. The van der Waals surface area contributed by atoms with Gasteiger partial charge < -0.3 is 0 Å². The Bertz CT molecular complexity index is 743. The van der Waals surface area contributed by atoms with Crippen LogP contribution in [0.4, 0.5) is 0 Å². The van der Waals surface area contributed by atoms with Gasteiger partial charge in [0.2, 0.25) is 0 Å². The van der Waals surface area contributed by atoms with Crippen molar-refractivity contribution in [3.8, 4) is 0 Å². The van der Waals surface area contributed by atoms with Crippen LogP contribution >= 0.6 is 0 Å². The summed E-state index contributed by atoms with van der Waals surface area (Å²) < 4.78 is 0. The van der Waals surface area contributed by atoms with Gasteiger partial charge in [-0.2, -0.15) is 0 Å². The fourth-order valence-electron chi connectivity index (χ4n) is 3.76. The lowest BCUT2D eigenvalue weighted by Crippen LogP contribution is -2.27. The molecular weight excluding hydrogens is 332 g/mol. The SMILES string of the molecule is CC(C)=C(C=CC=C(C1C=Cc2ccccc21)[Si](C)(C)C)[Si](C)(C)C. The zero-order chi connectivity index (χ0) is 18.8. The van der Waals surface area contributed by atoms with Gasteiger partial charge in [0.1, 0.15) is 0 Å². The molecule has 134 valence electrons. The number of allylic oxidation sites excluding steroid dienone is 7. The van der Waals surface area contributed by atoms with Crippen molar-refractivity contribution in [2.24, 2.45) is 0 Å². The molecule has 0 heterocycles. The molecule has 0 radical (unpaired) electrons. The van der Waals surface area contributed by atoms with Gasteiger partial charge in [0.05, 0.1) is 16.1 Å². The molecule has 1 atom stereocenters. The summed E-state index contributed by atoms with van der Waals surface area (Å²) in [4.78, 5) is 0. The fraction of sp³-hybridized carbons (Fsp3) is 0.391. The van der Waals surface area contributed by atoms with Crippen molar-refractivity contribution in [1.82, 2.24) is 0 Å². The second-order valence-corrected chi connectivity index (χ2v) is 19.5. The van der Waals surface area contributed by atoms with E-state index in [0.29, 0.717) is 5.92 Å². The van der Waals surface area contributed by atoms with E-state index in [0.717, 1.165) is 0 Å². The molecule has 0 spiro atoms. The lowest BCUT2D eigenvalue weighted by atomic mass is 10.00. The van der Waals surface area contributed by atoms with Gasteiger partial charge >= 0.3 is 0 Å². The van der Waals surface area contributed by atoms with Crippen LogP contribution in [0, 0.1) is 0 Å². The Hall–Kier alpha value is -1.39. The van der Waals surface area contributed by atoms with Gasteiger partial charge in [-0.1, -0.05) is 110 Å². The summed E-state index contributed by atoms with van der Waals surface area (Å²) in [5, 5.41) is 3.19. The third-order valence-corrected chi connectivity index (χ3v) is 9.38. The number of benzene rings is 1. The Balaban J connectivity index is 2.41. The van der Waals surface area contributed by atoms with Crippen LogP contribution in [0.15, 0.2) is 64.5 Å². The van der Waals surface area contributed by atoms with Crippen molar-refractivity contribution in [2.45, 2.75) is 59.0 Å². The van der Waals surface area contributed by atoms with Gasteiger partial charge in [0.15, 0.2) is 0 Å².